The van der Waals surface area contributed by atoms with Crippen LogP contribution >= 0.6 is 11.6 Å². The predicted octanol–water partition coefficient (Wildman–Crippen LogP) is 2.98. The maximum Gasteiger partial charge on any atom is 0.0441 e. The summed E-state index contributed by atoms with van der Waals surface area (Å²) in [5.74, 6) is 1.30. The van der Waals surface area contributed by atoms with Gasteiger partial charge in [-0.15, -0.1) is 0 Å². The largest absolute Gasteiger partial charge is 0.317 e. The highest BCUT2D eigenvalue weighted by molar-refractivity contribution is 6.31. The van der Waals surface area contributed by atoms with E-state index < -0.39 is 0 Å². The predicted molar refractivity (Wildman–Crippen MR) is 78.3 cm³/mol. The molecule has 0 radical (unpaired) electrons. The number of likely N-dealkylation sites (N-methyl/N-ethyl adjacent to an activating group) is 1. The summed E-state index contributed by atoms with van der Waals surface area (Å²) in [6.07, 6.45) is 2.51. The molecule has 1 aliphatic heterocycles. The summed E-state index contributed by atoms with van der Waals surface area (Å²) >= 11 is 6.39. The van der Waals surface area contributed by atoms with E-state index in [1.54, 1.807) is 0 Å². The molecule has 1 atom stereocenters. The van der Waals surface area contributed by atoms with Crippen molar-refractivity contribution in [3.05, 3.63) is 34.9 Å². The van der Waals surface area contributed by atoms with Crippen LogP contribution in [0.5, 0.6) is 0 Å². The molecule has 0 spiro atoms. The Balaban J connectivity index is 2.21. The summed E-state index contributed by atoms with van der Waals surface area (Å²) in [5.41, 5.74) is 1.32. The van der Waals surface area contributed by atoms with E-state index in [9.17, 15) is 0 Å². The van der Waals surface area contributed by atoms with Crippen LogP contribution in [0.1, 0.15) is 24.3 Å². The Morgan fingerprint density at radius 2 is 1.94 bits per heavy atom. The minimum Gasteiger partial charge on any atom is -0.317 e. The van der Waals surface area contributed by atoms with Crippen LogP contribution in [0.25, 0.3) is 0 Å². The zero-order valence-corrected chi connectivity index (χ0v) is 12.1. The second kappa shape index (κ2) is 6.55. The minimum atomic E-state index is 0.552. The van der Waals surface area contributed by atoms with Crippen molar-refractivity contribution in [3.8, 4) is 0 Å². The molecule has 2 rings (SSSR count). The van der Waals surface area contributed by atoms with Crippen molar-refractivity contribution in [1.82, 2.24) is 10.2 Å². The Labute approximate surface area is 115 Å². The van der Waals surface area contributed by atoms with E-state index in [2.05, 4.69) is 36.4 Å². The number of hydrogen-bond donors (Lipinski definition) is 1. The standard InChI is InChI=1S/C15H23ClN2/c1-18(2)11-14(12-7-9-17-10-8-12)13-5-3-4-6-15(13)16/h3-6,12,14,17H,7-11H2,1-2H3. The molecule has 1 aromatic carbocycles. The Morgan fingerprint density at radius 3 is 2.56 bits per heavy atom. The quantitative estimate of drug-likeness (QED) is 0.901. The van der Waals surface area contributed by atoms with Crippen LogP contribution in [0.15, 0.2) is 24.3 Å². The number of nitrogens with one attached hydrogen (secondary N) is 1. The second-order valence-electron chi connectivity index (χ2n) is 5.48. The fourth-order valence-corrected chi connectivity index (χ4v) is 3.19. The smallest absolute Gasteiger partial charge is 0.0441 e. The monoisotopic (exact) mass is 266 g/mol. The molecule has 1 aliphatic rings. The molecule has 1 fully saturated rings. The molecule has 1 N–H and O–H groups in total. The van der Waals surface area contributed by atoms with Crippen LogP contribution in [-0.4, -0.2) is 38.6 Å². The minimum absolute atomic E-state index is 0.552. The maximum absolute atomic E-state index is 6.39. The van der Waals surface area contributed by atoms with Gasteiger partial charge >= 0.3 is 0 Å². The van der Waals surface area contributed by atoms with Crippen LogP contribution in [0.4, 0.5) is 0 Å². The normalized spacial score (nSPS) is 19.1. The third kappa shape index (κ3) is 3.47. The Kier molecular flexibility index (Phi) is 5.04. The van der Waals surface area contributed by atoms with E-state index in [1.165, 1.54) is 18.4 Å². The summed E-state index contributed by atoms with van der Waals surface area (Å²) in [7, 11) is 4.29. The highest BCUT2D eigenvalue weighted by Crippen LogP contribution is 2.35. The molecule has 3 heteroatoms. The number of halogens is 1. The third-order valence-electron chi connectivity index (χ3n) is 3.82. The zero-order valence-electron chi connectivity index (χ0n) is 11.3. The summed E-state index contributed by atoms with van der Waals surface area (Å²) < 4.78 is 0. The first-order valence-corrected chi connectivity index (χ1v) is 7.16. The number of nitrogens with zero attached hydrogens (tertiary/aromatic N) is 1. The van der Waals surface area contributed by atoms with Gasteiger partial charge in [-0.2, -0.15) is 0 Å². The zero-order chi connectivity index (χ0) is 13.0. The lowest BCUT2D eigenvalue weighted by molar-refractivity contribution is 0.262. The fraction of sp³-hybridized carbons (Fsp3) is 0.600. The van der Waals surface area contributed by atoms with Crippen molar-refractivity contribution in [2.24, 2.45) is 5.92 Å². The maximum atomic E-state index is 6.39. The van der Waals surface area contributed by atoms with Gasteiger partial charge < -0.3 is 10.2 Å². The van der Waals surface area contributed by atoms with Crippen LogP contribution in [0.3, 0.4) is 0 Å². The lowest BCUT2D eigenvalue weighted by Crippen LogP contribution is -2.34. The van der Waals surface area contributed by atoms with E-state index in [0.717, 1.165) is 30.6 Å². The average molecular weight is 267 g/mol. The van der Waals surface area contributed by atoms with E-state index in [1.807, 2.05) is 12.1 Å². The first kappa shape index (κ1) is 13.9. The molecule has 0 aliphatic carbocycles. The van der Waals surface area contributed by atoms with E-state index in [0.29, 0.717) is 5.92 Å². The van der Waals surface area contributed by atoms with Gasteiger partial charge in [0.2, 0.25) is 0 Å². The van der Waals surface area contributed by atoms with Gasteiger partial charge in [0, 0.05) is 17.5 Å². The van der Waals surface area contributed by atoms with Crippen LogP contribution < -0.4 is 5.32 Å². The number of rotatable bonds is 4. The molecule has 1 aromatic rings. The highest BCUT2D eigenvalue weighted by atomic mass is 35.5. The van der Waals surface area contributed by atoms with Crippen molar-refractivity contribution < 1.29 is 0 Å². The van der Waals surface area contributed by atoms with Crippen LogP contribution in [-0.2, 0) is 0 Å². The van der Waals surface area contributed by atoms with E-state index >= 15 is 0 Å². The van der Waals surface area contributed by atoms with Crippen molar-refractivity contribution in [3.63, 3.8) is 0 Å². The Hall–Kier alpha value is -0.570. The van der Waals surface area contributed by atoms with E-state index in [-0.39, 0.29) is 0 Å². The molecular weight excluding hydrogens is 244 g/mol. The molecule has 1 heterocycles. The van der Waals surface area contributed by atoms with Crippen molar-refractivity contribution in [1.29, 1.82) is 0 Å². The van der Waals surface area contributed by atoms with Gasteiger partial charge in [-0.1, -0.05) is 29.8 Å². The van der Waals surface area contributed by atoms with Gasteiger partial charge in [0.1, 0.15) is 0 Å². The number of piperidine rings is 1. The Bertz CT molecular complexity index is 373. The molecule has 100 valence electrons. The highest BCUT2D eigenvalue weighted by Gasteiger charge is 2.26. The SMILES string of the molecule is CN(C)CC(c1ccccc1Cl)C1CCNCC1. The van der Waals surface area contributed by atoms with Crippen molar-refractivity contribution in [2.45, 2.75) is 18.8 Å². The first-order chi connectivity index (χ1) is 8.68. The van der Waals surface area contributed by atoms with Crippen LogP contribution in [0.2, 0.25) is 5.02 Å². The first-order valence-electron chi connectivity index (χ1n) is 6.78. The fourth-order valence-electron chi connectivity index (χ4n) is 2.92. The van der Waals surface area contributed by atoms with Gasteiger partial charge in [0.25, 0.3) is 0 Å². The molecule has 0 bridgehead atoms. The Morgan fingerprint density at radius 1 is 1.28 bits per heavy atom. The molecule has 1 unspecified atom stereocenters. The average Bonchev–Trinajstić information content (AvgIpc) is 2.38. The molecular formula is C15H23ClN2. The van der Waals surface area contributed by atoms with Crippen molar-refractivity contribution in [2.75, 3.05) is 33.7 Å². The summed E-state index contributed by atoms with van der Waals surface area (Å²) in [6.45, 7) is 3.35. The summed E-state index contributed by atoms with van der Waals surface area (Å²) in [5, 5.41) is 4.36. The molecule has 18 heavy (non-hydrogen) atoms. The van der Waals surface area contributed by atoms with Gasteiger partial charge in [0.05, 0.1) is 0 Å². The van der Waals surface area contributed by atoms with Gasteiger partial charge in [0.15, 0.2) is 0 Å². The van der Waals surface area contributed by atoms with Crippen LogP contribution in [0, 0.1) is 5.92 Å². The van der Waals surface area contributed by atoms with Gasteiger partial charge in [-0.05, 0) is 57.6 Å². The van der Waals surface area contributed by atoms with Gasteiger partial charge in [-0.25, -0.2) is 0 Å². The lowest BCUT2D eigenvalue weighted by Gasteiger charge is -2.33. The number of benzene rings is 1. The van der Waals surface area contributed by atoms with E-state index in [4.69, 9.17) is 11.6 Å². The molecule has 1 saturated heterocycles. The molecule has 2 nitrogen and oxygen atoms in total. The number of hydrogen-bond acceptors (Lipinski definition) is 2. The molecule has 0 aromatic heterocycles. The second-order valence-corrected chi connectivity index (χ2v) is 5.88. The summed E-state index contributed by atoms with van der Waals surface area (Å²) in [4.78, 5) is 2.27. The third-order valence-corrected chi connectivity index (χ3v) is 4.16. The van der Waals surface area contributed by atoms with Crippen molar-refractivity contribution >= 4 is 11.6 Å². The summed E-state index contributed by atoms with van der Waals surface area (Å²) in [6, 6.07) is 8.32. The topological polar surface area (TPSA) is 15.3 Å². The molecule has 0 saturated carbocycles. The van der Waals surface area contributed by atoms with Gasteiger partial charge in [-0.3, -0.25) is 0 Å². The lowest BCUT2D eigenvalue weighted by atomic mass is 9.80. The molecule has 0 amide bonds.